The molecule has 4 rings (SSSR count). The van der Waals surface area contributed by atoms with Gasteiger partial charge in [-0.05, 0) is 118 Å². The number of hydrogen-bond acceptors (Lipinski definition) is 3. The van der Waals surface area contributed by atoms with Crippen molar-refractivity contribution in [2.75, 3.05) is 0 Å². The van der Waals surface area contributed by atoms with Gasteiger partial charge in [0.05, 0.1) is 0 Å². The number of nitrogens with one attached hydrogen (secondary N) is 2. The van der Waals surface area contributed by atoms with Crippen molar-refractivity contribution in [2.45, 2.75) is 129 Å². The number of aryl methyl sites for hydroxylation is 2. The van der Waals surface area contributed by atoms with Crippen molar-refractivity contribution in [3.8, 4) is 0 Å². The number of halogens is 2. The standard InChI is InChI=1S/C18H27NO.C17H26N2O.2ClH/c1-3-4-5-15-8-10-16(11-9-15)18(20)19-17-12-6-14(2)7-13-17;1-2-3-4-13-5-7-14(8-6-13)17(20)19-16-11-9-15(18)10-12-16;;/h8-11,14,17H,3-7,12-13H2,1-2H3,(H,19,20);5-8,15-16H,2-4,9-12,18H2,1H3,(H,19,20);2*1H. The molecule has 5 nitrogen and oxygen atoms in total. The van der Waals surface area contributed by atoms with Crippen molar-refractivity contribution in [3.63, 3.8) is 0 Å². The van der Waals surface area contributed by atoms with Gasteiger partial charge in [-0.2, -0.15) is 0 Å². The SMILES string of the molecule is CCCCc1ccc(C(=O)NC2CCC(C)CC2)cc1.CCCCc1ccc(C(=O)NC2CCC(N)CC2)cc1.Cl.Cl. The first kappa shape index (κ1) is 37.9. The number of unbranched alkanes of at least 4 members (excludes halogenated alkanes) is 2. The largest absolute Gasteiger partial charge is 0.349 e. The molecular formula is C35H55Cl2N3O2. The molecule has 2 saturated carbocycles. The van der Waals surface area contributed by atoms with Gasteiger partial charge in [-0.15, -0.1) is 24.8 Å². The van der Waals surface area contributed by atoms with Crippen LogP contribution in [0.25, 0.3) is 0 Å². The van der Waals surface area contributed by atoms with Gasteiger partial charge in [0.1, 0.15) is 0 Å². The first-order valence-electron chi connectivity index (χ1n) is 15.9. The average molecular weight is 621 g/mol. The minimum absolute atomic E-state index is 0. The molecule has 0 aliphatic heterocycles. The zero-order chi connectivity index (χ0) is 28.7. The minimum Gasteiger partial charge on any atom is -0.349 e. The highest BCUT2D eigenvalue weighted by Gasteiger charge is 2.21. The van der Waals surface area contributed by atoms with Gasteiger partial charge in [-0.3, -0.25) is 9.59 Å². The van der Waals surface area contributed by atoms with Crippen LogP contribution in [0.4, 0.5) is 0 Å². The summed E-state index contributed by atoms with van der Waals surface area (Å²) in [7, 11) is 0. The van der Waals surface area contributed by atoms with E-state index in [-0.39, 0.29) is 36.6 Å². The summed E-state index contributed by atoms with van der Waals surface area (Å²) in [5.74, 6) is 0.958. The molecule has 2 aliphatic rings. The number of hydrogen-bond donors (Lipinski definition) is 3. The van der Waals surface area contributed by atoms with Crippen LogP contribution in [0.5, 0.6) is 0 Å². The summed E-state index contributed by atoms with van der Waals surface area (Å²) in [6, 6.07) is 17.1. The van der Waals surface area contributed by atoms with Crippen molar-refractivity contribution < 1.29 is 9.59 Å². The number of carbonyl (C=O) groups excluding carboxylic acids is 2. The Labute approximate surface area is 267 Å². The fraction of sp³-hybridized carbons (Fsp3) is 0.600. The van der Waals surface area contributed by atoms with Gasteiger partial charge in [0.15, 0.2) is 0 Å². The van der Waals surface area contributed by atoms with Gasteiger partial charge in [0.2, 0.25) is 0 Å². The highest BCUT2D eigenvalue weighted by Crippen LogP contribution is 2.23. The van der Waals surface area contributed by atoms with Crippen LogP contribution in [0.15, 0.2) is 48.5 Å². The van der Waals surface area contributed by atoms with Crippen molar-refractivity contribution in [3.05, 3.63) is 70.8 Å². The molecule has 0 unspecified atom stereocenters. The molecule has 2 aliphatic carbocycles. The van der Waals surface area contributed by atoms with E-state index in [0.717, 1.165) is 68.4 Å². The van der Waals surface area contributed by atoms with E-state index in [9.17, 15) is 9.59 Å². The summed E-state index contributed by atoms with van der Waals surface area (Å²) in [6.07, 6.45) is 15.8. The van der Waals surface area contributed by atoms with E-state index in [1.54, 1.807) is 0 Å². The van der Waals surface area contributed by atoms with Crippen molar-refractivity contribution >= 4 is 36.6 Å². The second-order valence-electron chi connectivity index (χ2n) is 12.1. The second-order valence-corrected chi connectivity index (χ2v) is 12.1. The summed E-state index contributed by atoms with van der Waals surface area (Å²) >= 11 is 0. The van der Waals surface area contributed by atoms with Crippen molar-refractivity contribution in [2.24, 2.45) is 11.7 Å². The smallest absolute Gasteiger partial charge is 0.251 e. The lowest BCUT2D eigenvalue weighted by Gasteiger charge is -2.26. The molecule has 0 saturated heterocycles. The van der Waals surface area contributed by atoms with Crippen LogP contribution in [0, 0.1) is 5.92 Å². The van der Waals surface area contributed by atoms with E-state index < -0.39 is 0 Å². The van der Waals surface area contributed by atoms with Gasteiger partial charge in [-0.1, -0.05) is 57.9 Å². The first-order valence-corrected chi connectivity index (χ1v) is 15.9. The quantitative estimate of drug-likeness (QED) is 0.250. The summed E-state index contributed by atoms with van der Waals surface area (Å²) in [5, 5.41) is 6.30. The Balaban J connectivity index is 0.000000401. The van der Waals surface area contributed by atoms with E-state index in [2.05, 4.69) is 55.7 Å². The zero-order valence-electron chi connectivity index (χ0n) is 26.0. The van der Waals surface area contributed by atoms with Gasteiger partial charge < -0.3 is 16.4 Å². The molecule has 0 heterocycles. The van der Waals surface area contributed by atoms with Crippen LogP contribution in [0.1, 0.15) is 130 Å². The summed E-state index contributed by atoms with van der Waals surface area (Å²) in [4.78, 5) is 24.4. The maximum Gasteiger partial charge on any atom is 0.251 e. The summed E-state index contributed by atoms with van der Waals surface area (Å²) in [6.45, 7) is 6.69. The van der Waals surface area contributed by atoms with E-state index in [1.807, 2.05) is 24.3 Å². The van der Waals surface area contributed by atoms with Gasteiger partial charge in [0.25, 0.3) is 11.8 Å². The predicted octanol–water partition coefficient (Wildman–Crippen LogP) is 8.21. The third-order valence-corrected chi connectivity index (χ3v) is 8.53. The Hall–Kier alpha value is -2.08. The van der Waals surface area contributed by atoms with Crippen LogP contribution in [-0.4, -0.2) is 29.9 Å². The fourth-order valence-electron chi connectivity index (χ4n) is 5.61. The molecule has 42 heavy (non-hydrogen) atoms. The Morgan fingerprint density at radius 1 is 0.643 bits per heavy atom. The Kier molecular flexibility index (Phi) is 18.8. The normalized spacial score (nSPS) is 21.4. The summed E-state index contributed by atoms with van der Waals surface area (Å²) < 4.78 is 0. The lowest BCUT2D eigenvalue weighted by Crippen LogP contribution is -2.40. The van der Waals surface area contributed by atoms with E-state index in [0.29, 0.717) is 18.1 Å². The molecule has 2 aromatic carbocycles. The Morgan fingerprint density at radius 2 is 1.00 bits per heavy atom. The van der Waals surface area contributed by atoms with E-state index >= 15 is 0 Å². The highest BCUT2D eigenvalue weighted by molar-refractivity contribution is 5.94. The number of nitrogens with two attached hydrogens (primary N) is 1. The molecule has 236 valence electrons. The van der Waals surface area contributed by atoms with Gasteiger partial charge >= 0.3 is 0 Å². The third kappa shape index (κ3) is 13.5. The third-order valence-electron chi connectivity index (χ3n) is 8.53. The molecule has 2 aromatic rings. The molecule has 4 N–H and O–H groups in total. The monoisotopic (exact) mass is 619 g/mol. The molecule has 2 amide bonds. The maximum absolute atomic E-state index is 12.2. The van der Waals surface area contributed by atoms with E-state index in [1.165, 1.54) is 49.7 Å². The maximum atomic E-state index is 12.2. The highest BCUT2D eigenvalue weighted by atomic mass is 35.5. The molecule has 7 heteroatoms. The van der Waals surface area contributed by atoms with Crippen molar-refractivity contribution in [1.82, 2.24) is 10.6 Å². The first-order chi connectivity index (χ1) is 19.4. The van der Waals surface area contributed by atoms with Crippen LogP contribution in [0.2, 0.25) is 0 Å². The molecule has 0 spiro atoms. The molecule has 0 bridgehead atoms. The molecule has 0 aromatic heterocycles. The second kappa shape index (κ2) is 20.8. The van der Waals surface area contributed by atoms with Gasteiger partial charge in [-0.25, -0.2) is 0 Å². The van der Waals surface area contributed by atoms with Crippen LogP contribution < -0.4 is 16.4 Å². The lowest BCUT2D eigenvalue weighted by molar-refractivity contribution is 0.0916. The molecule has 0 radical (unpaired) electrons. The minimum atomic E-state index is 0. The lowest BCUT2D eigenvalue weighted by atomic mass is 9.87. The molecule has 2 fully saturated rings. The number of benzene rings is 2. The number of carbonyl (C=O) groups is 2. The molecular weight excluding hydrogens is 565 g/mol. The topological polar surface area (TPSA) is 84.2 Å². The predicted molar refractivity (Wildman–Crippen MR) is 181 cm³/mol. The van der Waals surface area contributed by atoms with Crippen LogP contribution in [-0.2, 0) is 12.8 Å². The van der Waals surface area contributed by atoms with Crippen LogP contribution >= 0.6 is 24.8 Å². The number of rotatable bonds is 10. The molecule has 0 atom stereocenters. The average Bonchev–Trinajstić information content (AvgIpc) is 2.98. The number of amides is 2. The van der Waals surface area contributed by atoms with E-state index in [4.69, 9.17) is 5.73 Å². The Morgan fingerprint density at radius 3 is 1.36 bits per heavy atom. The zero-order valence-corrected chi connectivity index (χ0v) is 27.7. The van der Waals surface area contributed by atoms with Crippen molar-refractivity contribution in [1.29, 1.82) is 0 Å². The Bertz CT molecular complexity index is 930. The van der Waals surface area contributed by atoms with Gasteiger partial charge in [0, 0.05) is 29.3 Å². The fourth-order valence-corrected chi connectivity index (χ4v) is 5.61. The summed E-state index contributed by atoms with van der Waals surface area (Å²) in [5.41, 5.74) is 10.1. The van der Waals surface area contributed by atoms with Crippen LogP contribution in [0.3, 0.4) is 0 Å².